The highest BCUT2D eigenvalue weighted by atomic mass is 32.1. The second kappa shape index (κ2) is 13.9. The Hall–Kier alpha value is -3.48. The number of ether oxygens (including phenoxy) is 2. The maximum atomic E-state index is 13.7. The number of carboxylic acid groups (broad SMARTS) is 1. The normalized spacial score (nSPS) is 12.4. The standard InChI is InChI=1S/C25H32F3N3O6S/c1-24(2,3)37-23(35)30-19(11-6-7-13-29-22(33)34)21(32)31(16-18-10-8-14-38-18)15-17-9-4-5-12-20(17)36-25(26,27)28/h4-5,8-10,12,14,19,29H,6-7,11,13,15-16H2,1-3H3,(H,30,35)(H,33,34)/t19-/m0/s1. The molecule has 0 saturated carbocycles. The molecule has 9 nitrogen and oxygen atoms in total. The summed E-state index contributed by atoms with van der Waals surface area (Å²) in [4.78, 5) is 39.1. The third kappa shape index (κ3) is 11.7. The van der Waals surface area contributed by atoms with Crippen LogP contribution in [-0.2, 0) is 22.6 Å². The third-order valence-electron chi connectivity index (χ3n) is 4.98. The van der Waals surface area contributed by atoms with Gasteiger partial charge in [-0.1, -0.05) is 24.3 Å². The third-order valence-corrected chi connectivity index (χ3v) is 5.84. The van der Waals surface area contributed by atoms with Gasteiger partial charge in [0.05, 0.1) is 6.54 Å². The number of para-hydroxylation sites is 1. The van der Waals surface area contributed by atoms with Crippen molar-refractivity contribution in [2.75, 3.05) is 6.54 Å². The Labute approximate surface area is 222 Å². The lowest BCUT2D eigenvalue weighted by Crippen LogP contribution is -2.49. The van der Waals surface area contributed by atoms with E-state index in [0.29, 0.717) is 12.8 Å². The van der Waals surface area contributed by atoms with Crippen molar-refractivity contribution in [2.45, 2.75) is 71.1 Å². The first-order chi connectivity index (χ1) is 17.7. The molecule has 0 unspecified atom stereocenters. The van der Waals surface area contributed by atoms with Crippen LogP contribution in [0.5, 0.6) is 5.75 Å². The first kappa shape index (κ1) is 30.7. The Bertz CT molecular complexity index is 1060. The van der Waals surface area contributed by atoms with Crippen molar-refractivity contribution in [3.8, 4) is 5.75 Å². The van der Waals surface area contributed by atoms with Gasteiger partial charge in [0, 0.05) is 23.5 Å². The molecule has 1 aromatic carbocycles. The predicted octanol–water partition coefficient (Wildman–Crippen LogP) is 5.51. The first-order valence-electron chi connectivity index (χ1n) is 11.8. The van der Waals surface area contributed by atoms with Crippen LogP contribution in [0.15, 0.2) is 41.8 Å². The van der Waals surface area contributed by atoms with E-state index in [-0.39, 0.29) is 31.6 Å². The van der Waals surface area contributed by atoms with Gasteiger partial charge in [-0.05, 0) is 57.5 Å². The lowest BCUT2D eigenvalue weighted by molar-refractivity contribution is -0.275. The average Bonchev–Trinajstić information content (AvgIpc) is 3.29. The number of amides is 3. The fourth-order valence-corrected chi connectivity index (χ4v) is 4.18. The molecule has 0 aliphatic rings. The van der Waals surface area contributed by atoms with E-state index in [9.17, 15) is 27.6 Å². The summed E-state index contributed by atoms with van der Waals surface area (Å²) in [5.74, 6) is -0.961. The molecule has 0 aliphatic heterocycles. The number of halogens is 3. The van der Waals surface area contributed by atoms with E-state index in [2.05, 4.69) is 15.4 Å². The summed E-state index contributed by atoms with van der Waals surface area (Å²) in [5.41, 5.74) is -0.690. The number of thiophene rings is 1. The number of alkyl carbamates (subject to hydrolysis) is 1. The zero-order chi connectivity index (χ0) is 28.3. The van der Waals surface area contributed by atoms with Crippen molar-refractivity contribution >= 4 is 29.4 Å². The molecular weight excluding hydrogens is 527 g/mol. The minimum Gasteiger partial charge on any atom is -0.465 e. The number of hydrogen-bond donors (Lipinski definition) is 3. The van der Waals surface area contributed by atoms with Crippen LogP contribution in [0.25, 0.3) is 0 Å². The van der Waals surface area contributed by atoms with E-state index >= 15 is 0 Å². The van der Waals surface area contributed by atoms with Gasteiger partial charge in [-0.3, -0.25) is 4.79 Å². The highest BCUT2D eigenvalue weighted by Gasteiger charge is 2.33. The van der Waals surface area contributed by atoms with Gasteiger partial charge in [0.1, 0.15) is 17.4 Å². The molecule has 2 rings (SSSR count). The van der Waals surface area contributed by atoms with E-state index in [1.165, 1.54) is 40.5 Å². The van der Waals surface area contributed by atoms with Crippen molar-refractivity contribution in [1.29, 1.82) is 0 Å². The fraction of sp³-hybridized carbons (Fsp3) is 0.480. The molecule has 38 heavy (non-hydrogen) atoms. The number of carbonyl (C=O) groups is 3. The van der Waals surface area contributed by atoms with Crippen LogP contribution in [0, 0.1) is 0 Å². The lowest BCUT2D eigenvalue weighted by atomic mass is 10.1. The SMILES string of the molecule is CC(C)(C)OC(=O)N[C@@H](CCCCNC(=O)O)C(=O)N(Cc1cccs1)Cc1ccccc1OC(F)(F)F. The number of nitrogens with zero attached hydrogens (tertiary/aromatic N) is 1. The number of carbonyl (C=O) groups excluding carboxylic acids is 2. The number of nitrogens with one attached hydrogen (secondary N) is 2. The number of benzene rings is 1. The summed E-state index contributed by atoms with van der Waals surface area (Å²) in [5, 5.41) is 15.4. The van der Waals surface area contributed by atoms with E-state index in [1.54, 1.807) is 32.9 Å². The van der Waals surface area contributed by atoms with E-state index in [1.807, 2.05) is 5.38 Å². The quantitative estimate of drug-likeness (QED) is 0.296. The van der Waals surface area contributed by atoms with Gasteiger partial charge in [0.25, 0.3) is 0 Å². The maximum Gasteiger partial charge on any atom is 0.573 e. The molecule has 0 radical (unpaired) electrons. The second-order valence-electron chi connectivity index (χ2n) is 9.36. The lowest BCUT2D eigenvalue weighted by Gasteiger charge is -2.29. The van der Waals surface area contributed by atoms with Crippen molar-refractivity contribution in [3.05, 3.63) is 52.2 Å². The van der Waals surface area contributed by atoms with E-state index in [0.717, 1.165) is 4.88 Å². The number of hydrogen-bond acceptors (Lipinski definition) is 6. The minimum absolute atomic E-state index is 0.0872. The summed E-state index contributed by atoms with van der Waals surface area (Å²) in [6.07, 6.45) is -5.97. The molecule has 0 aliphatic carbocycles. The molecule has 0 bridgehead atoms. The molecule has 3 amide bonds. The van der Waals surface area contributed by atoms with Crippen LogP contribution in [-0.4, -0.2) is 52.7 Å². The molecule has 0 fully saturated rings. The van der Waals surface area contributed by atoms with Crippen LogP contribution < -0.4 is 15.4 Å². The molecule has 0 spiro atoms. The molecule has 0 saturated heterocycles. The topological polar surface area (TPSA) is 117 Å². The Morgan fingerprint density at radius 1 is 1.05 bits per heavy atom. The largest absolute Gasteiger partial charge is 0.573 e. The van der Waals surface area contributed by atoms with Crippen LogP contribution in [0.3, 0.4) is 0 Å². The average molecular weight is 560 g/mol. The van der Waals surface area contributed by atoms with Gasteiger partial charge < -0.3 is 30.1 Å². The summed E-state index contributed by atoms with van der Waals surface area (Å²) < 4.78 is 48.4. The highest BCUT2D eigenvalue weighted by molar-refractivity contribution is 7.09. The highest BCUT2D eigenvalue weighted by Crippen LogP contribution is 2.28. The van der Waals surface area contributed by atoms with Gasteiger partial charge in [-0.25, -0.2) is 9.59 Å². The van der Waals surface area contributed by atoms with Crippen LogP contribution in [0.1, 0.15) is 50.5 Å². The summed E-state index contributed by atoms with van der Waals surface area (Å²) >= 11 is 1.37. The Morgan fingerprint density at radius 2 is 1.76 bits per heavy atom. The molecule has 210 valence electrons. The Morgan fingerprint density at radius 3 is 2.37 bits per heavy atom. The van der Waals surface area contributed by atoms with Crippen molar-refractivity contribution < 1.29 is 42.1 Å². The van der Waals surface area contributed by atoms with Gasteiger partial charge in [0.2, 0.25) is 5.91 Å². The van der Waals surface area contributed by atoms with E-state index in [4.69, 9.17) is 9.84 Å². The minimum atomic E-state index is -4.91. The Balaban J connectivity index is 2.30. The zero-order valence-corrected chi connectivity index (χ0v) is 22.2. The molecular formula is C25H32F3N3O6S. The molecule has 1 heterocycles. The van der Waals surface area contributed by atoms with Crippen molar-refractivity contribution in [2.24, 2.45) is 0 Å². The van der Waals surface area contributed by atoms with Crippen LogP contribution in [0.2, 0.25) is 0 Å². The smallest absolute Gasteiger partial charge is 0.465 e. The summed E-state index contributed by atoms with van der Waals surface area (Å²) in [7, 11) is 0. The van der Waals surface area contributed by atoms with Gasteiger partial charge in [-0.15, -0.1) is 24.5 Å². The molecule has 13 heteroatoms. The number of rotatable bonds is 12. The number of unbranched alkanes of at least 4 members (excludes halogenated alkanes) is 1. The van der Waals surface area contributed by atoms with Gasteiger partial charge >= 0.3 is 18.5 Å². The van der Waals surface area contributed by atoms with Crippen LogP contribution >= 0.6 is 11.3 Å². The zero-order valence-electron chi connectivity index (χ0n) is 21.3. The molecule has 1 atom stereocenters. The monoisotopic (exact) mass is 559 g/mol. The van der Waals surface area contributed by atoms with Gasteiger partial charge in [-0.2, -0.15) is 0 Å². The maximum absolute atomic E-state index is 13.7. The van der Waals surface area contributed by atoms with Crippen LogP contribution in [0.4, 0.5) is 22.8 Å². The summed E-state index contributed by atoms with van der Waals surface area (Å²) in [6.45, 7) is 5.04. The summed E-state index contributed by atoms with van der Waals surface area (Å²) in [6, 6.07) is 8.05. The van der Waals surface area contributed by atoms with E-state index < -0.39 is 41.8 Å². The first-order valence-corrected chi connectivity index (χ1v) is 12.7. The van der Waals surface area contributed by atoms with Gasteiger partial charge in [0.15, 0.2) is 0 Å². The number of alkyl halides is 3. The Kier molecular flexibility index (Phi) is 11.2. The molecule has 3 N–H and O–H groups in total. The van der Waals surface area contributed by atoms with Crippen molar-refractivity contribution in [3.63, 3.8) is 0 Å². The molecule has 2 aromatic rings. The predicted molar refractivity (Wildman–Crippen MR) is 135 cm³/mol. The fourth-order valence-electron chi connectivity index (χ4n) is 3.46. The second-order valence-corrected chi connectivity index (χ2v) is 10.4. The molecule has 1 aromatic heterocycles. The van der Waals surface area contributed by atoms with Crippen molar-refractivity contribution in [1.82, 2.24) is 15.5 Å².